The summed E-state index contributed by atoms with van der Waals surface area (Å²) in [6, 6.07) is 9.66. The van der Waals surface area contributed by atoms with Crippen LogP contribution in [0.2, 0.25) is 0 Å². The zero-order valence-electron chi connectivity index (χ0n) is 13.9. The number of fused-ring (bicyclic) bond motifs is 1. The monoisotopic (exact) mass is 347 g/mol. The zero-order chi connectivity index (χ0) is 17.8. The van der Waals surface area contributed by atoms with Gasteiger partial charge in [-0.25, -0.2) is 19.9 Å². The highest BCUT2D eigenvalue weighted by Gasteiger charge is 2.12. The quantitative estimate of drug-likeness (QED) is 0.548. The second kappa shape index (κ2) is 7.24. The molecule has 4 aromatic rings. The topological polar surface area (TPSA) is 102 Å². The third kappa shape index (κ3) is 3.22. The number of hydrogen-bond donors (Lipinski definition) is 2. The summed E-state index contributed by atoms with van der Waals surface area (Å²) in [5, 5.41) is 17.6. The molecule has 0 aliphatic rings. The average Bonchev–Trinajstić information content (AvgIpc) is 3.14. The Hall–Kier alpha value is -3.39. The molecular formula is C18H17N7O. The summed E-state index contributed by atoms with van der Waals surface area (Å²) in [4.78, 5) is 17.0. The van der Waals surface area contributed by atoms with Crippen LogP contribution in [0.25, 0.3) is 17.0 Å². The van der Waals surface area contributed by atoms with E-state index in [4.69, 9.17) is 5.11 Å². The molecule has 0 unspecified atom stereocenters. The van der Waals surface area contributed by atoms with Crippen molar-refractivity contribution in [3.8, 4) is 5.95 Å². The third-order valence-corrected chi connectivity index (χ3v) is 4.02. The molecule has 0 saturated carbocycles. The van der Waals surface area contributed by atoms with Crippen LogP contribution < -0.4 is 5.32 Å². The van der Waals surface area contributed by atoms with Crippen molar-refractivity contribution < 1.29 is 5.11 Å². The fourth-order valence-electron chi connectivity index (χ4n) is 2.67. The van der Waals surface area contributed by atoms with Crippen molar-refractivity contribution in [2.24, 2.45) is 0 Å². The Labute approximate surface area is 149 Å². The summed E-state index contributed by atoms with van der Waals surface area (Å²) in [6.07, 6.45) is 7.38. The Morgan fingerprint density at radius 1 is 0.962 bits per heavy atom. The van der Waals surface area contributed by atoms with Crippen molar-refractivity contribution in [3.63, 3.8) is 0 Å². The van der Waals surface area contributed by atoms with Crippen molar-refractivity contribution in [1.82, 2.24) is 29.7 Å². The molecule has 0 aliphatic carbocycles. The zero-order valence-corrected chi connectivity index (χ0v) is 13.9. The summed E-state index contributed by atoms with van der Waals surface area (Å²) < 4.78 is 1.59. The predicted molar refractivity (Wildman–Crippen MR) is 96.8 cm³/mol. The molecule has 0 saturated heterocycles. The molecular weight excluding hydrogens is 330 g/mol. The van der Waals surface area contributed by atoms with Crippen molar-refractivity contribution in [1.29, 1.82) is 0 Å². The smallest absolute Gasteiger partial charge is 0.252 e. The molecule has 0 aliphatic heterocycles. The lowest BCUT2D eigenvalue weighted by atomic mass is 10.1. The standard InChI is InChI=1S/C18H17N7O/c26-11-14-4-2-13(3-5-14)6-9-19-16-15-10-24-25(17(15)23-12-22-16)18-20-7-1-8-21-18/h1-5,7-8,10,12,26H,6,9,11H2,(H,19,22,23). The Morgan fingerprint density at radius 3 is 2.50 bits per heavy atom. The minimum atomic E-state index is 0.0621. The van der Waals surface area contributed by atoms with Crippen molar-refractivity contribution >= 4 is 16.9 Å². The first-order chi connectivity index (χ1) is 12.8. The molecule has 3 aromatic heterocycles. The van der Waals surface area contributed by atoms with Gasteiger partial charge in [-0.15, -0.1) is 0 Å². The van der Waals surface area contributed by atoms with E-state index in [1.807, 2.05) is 24.3 Å². The SMILES string of the molecule is OCc1ccc(CCNc2ncnc3c2cnn3-c2ncccn2)cc1. The molecule has 8 heteroatoms. The van der Waals surface area contributed by atoms with E-state index in [9.17, 15) is 0 Å². The van der Waals surface area contributed by atoms with Gasteiger partial charge in [0, 0.05) is 18.9 Å². The highest BCUT2D eigenvalue weighted by molar-refractivity contribution is 5.86. The number of nitrogens with one attached hydrogen (secondary N) is 1. The molecule has 3 heterocycles. The van der Waals surface area contributed by atoms with E-state index < -0.39 is 0 Å². The first-order valence-corrected chi connectivity index (χ1v) is 8.24. The van der Waals surface area contributed by atoms with Crippen LogP contribution in [0.3, 0.4) is 0 Å². The maximum Gasteiger partial charge on any atom is 0.252 e. The number of aliphatic hydroxyl groups is 1. The molecule has 26 heavy (non-hydrogen) atoms. The van der Waals surface area contributed by atoms with Crippen LogP contribution in [0.1, 0.15) is 11.1 Å². The van der Waals surface area contributed by atoms with E-state index in [2.05, 4.69) is 30.4 Å². The summed E-state index contributed by atoms with van der Waals surface area (Å²) in [5.74, 6) is 1.19. The Balaban J connectivity index is 1.51. The van der Waals surface area contributed by atoms with Gasteiger partial charge in [-0.2, -0.15) is 9.78 Å². The van der Waals surface area contributed by atoms with Crippen molar-refractivity contribution in [3.05, 3.63) is 66.4 Å². The number of benzene rings is 1. The number of aliphatic hydroxyl groups excluding tert-OH is 1. The largest absolute Gasteiger partial charge is 0.392 e. The predicted octanol–water partition coefficient (Wildman–Crippen LogP) is 1.75. The molecule has 0 amide bonds. The van der Waals surface area contributed by atoms with Crippen LogP contribution in [0.5, 0.6) is 0 Å². The lowest BCUT2D eigenvalue weighted by Gasteiger charge is -2.07. The van der Waals surface area contributed by atoms with E-state index in [0.29, 0.717) is 11.6 Å². The first kappa shape index (κ1) is 16.1. The van der Waals surface area contributed by atoms with E-state index in [-0.39, 0.29) is 6.61 Å². The lowest BCUT2D eigenvalue weighted by Crippen LogP contribution is -2.07. The van der Waals surface area contributed by atoms with Crippen molar-refractivity contribution in [2.45, 2.75) is 13.0 Å². The van der Waals surface area contributed by atoms with Crippen LogP contribution in [0.4, 0.5) is 5.82 Å². The molecule has 0 radical (unpaired) electrons. The molecule has 0 fully saturated rings. The summed E-state index contributed by atoms with van der Waals surface area (Å²) in [7, 11) is 0. The second-order valence-corrected chi connectivity index (χ2v) is 5.72. The van der Waals surface area contributed by atoms with Gasteiger partial charge in [-0.05, 0) is 23.6 Å². The highest BCUT2D eigenvalue weighted by atomic mass is 16.3. The summed E-state index contributed by atoms with van der Waals surface area (Å²) in [5.41, 5.74) is 2.75. The molecule has 0 bridgehead atoms. The molecule has 130 valence electrons. The molecule has 0 atom stereocenters. The normalized spacial score (nSPS) is 11.0. The Kier molecular flexibility index (Phi) is 4.48. The third-order valence-electron chi connectivity index (χ3n) is 4.02. The van der Waals surface area contributed by atoms with Crippen LogP contribution in [-0.2, 0) is 13.0 Å². The number of aromatic nitrogens is 6. The molecule has 4 rings (SSSR count). The first-order valence-electron chi connectivity index (χ1n) is 8.24. The average molecular weight is 347 g/mol. The number of rotatable bonds is 6. The lowest BCUT2D eigenvalue weighted by molar-refractivity contribution is 0.282. The van der Waals surface area contributed by atoms with E-state index in [1.165, 1.54) is 11.9 Å². The van der Waals surface area contributed by atoms with Gasteiger partial charge in [0.1, 0.15) is 12.1 Å². The van der Waals surface area contributed by atoms with Crippen LogP contribution in [0, 0.1) is 0 Å². The summed E-state index contributed by atoms with van der Waals surface area (Å²) in [6.45, 7) is 0.782. The minimum Gasteiger partial charge on any atom is -0.392 e. The number of nitrogens with zero attached hydrogens (tertiary/aromatic N) is 6. The van der Waals surface area contributed by atoms with Gasteiger partial charge in [0.05, 0.1) is 18.2 Å². The summed E-state index contributed by atoms with van der Waals surface area (Å²) >= 11 is 0. The highest BCUT2D eigenvalue weighted by Crippen LogP contribution is 2.20. The van der Waals surface area contributed by atoms with Gasteiger partial charge in [-0.1, -0.05) is 24.3 Å². The fourth-order valence-corrected chi connectivity index (χ4v) is 2.67. The Morgan fingerprint density at radius 2 is 1.73 bits per heavy atom. The van der Waals surface area contributed by atoms with Gasteiger partial charge in [0.2, 0.25) is 0 Å². The maximum absolute atomic E-state index is 9.09. The molecule has 0 spiro atoms. The molecule has 8 nitrogen and oxygen atoms in total. The molecule has 1 aromatic carbocycles. The van der Waals surface area contributed by atoms with Gasteiger partial charge in [0.15, 0.2) is 5.65 Å². The number of anilines is 1. The molecule has 2 N–H and O–H groups in total. The van der Waals surface area contributed by atoms with Crippen LogP contribution >= 0.6 is 0 Å². The van der Waals surface area contributed by atoms with Crippen LogP contribution in [-0.4, -0.2) is 41.4 Å². The second-order valence-electron chi connectivity index (χ2n) is 5.72. The van der Waals surface area contributed by atoms with Gasteiger partial charge < -0.3 is 10.4 Å². The van der Waals surface area contributed by atoms with E-state index in [1.54, 1.807) is 29.3 Å². The van der Waals surface area contributed by atoms with Gasteiger partial charge >= 0.3 is 0 Å². The number of hydrogen-bond acceptors (Lipinski definition) is 7. The van der Waals surface area contributed by atoms with Gasteiger partial charge in [-0.3, -0.25) is 0 Å². The van der Waals surface area contributed by atoms with E-state index in [0.717, 1.165) is 29.7 Å². The maximum atomic E-state index is 9.09. The Bertz CT molecular complexity index is 999. The van der Waals surface area contributed by atoms with Crippen LogP contribution in [0.15, 0.2) is 55.2 Å². The van der Waals surface area contributed by atoms with Crippen molar-refractivity contribution in [2.75, 3.05) is 11.9 Å². The minimum absolute atomic E-state index is 0.0621. The van der Waals surface area contributed by atoms with E-state index >= 15 is 0 Å². The van der Waals surface area contributed by atoms with Gasteiger partial charge in [0.25, 0.3) is 5.95 Å². The fraction of sp³-hybridized carbons (Fsp3) is 0.167.